The Balaban J connectivity index is 1.52. The summed E-state index contributed by atoms with van der Waals surface area (Å²) in [5, 5.41) is 3.02. The van der Waals surface area contributed by atoms with Gasteiger partial charge in [-0.2, -0.15) is 0 Å². The molecule has 2 fully saturated rings. The van der Waals surface area contributed by atoms with Crippen molar-refractivity contribution in [2.24, 2.45) is 5.92 Å². The highest BCUT2D eigenvalue weighted by Crippen LogP contribution is 2.36. The van der Waals surface area contributed by atoms with E-state index in [1.165, 1.54) is 0 Å². The molecule has 2 aliphatic rings. The second-order valence-electron chi connectivity index (χ2n) is 8.07. The number of hydrogen-bond donors (Lipinski definition) is 1. The fourth-order valence-corrected chi connectivity index (χ4v) is 3.92. The zero-order valence-corrected chi connectivity index (χ0v) is 17.4. The SMILES string of the molecule is CC(C1CC1)N(Cc1ccccc1)C(=O)Nc1ccccc1C(=O)N1CCOCC1. The number of nitrogens with zero attached hydrogens (tertiary/aromatic N) is 2. The zero-order valence-electron chi connectivity index (χ0n) is 17.4. The van der Waals surface area contributed by atoms with Crippen molar-refractivity contribution in [1.29, 1.82) is 0 Å². The lowest BCUT2D eigenvalue weighted by molar-refractivity contribution is 0.0303. The number of amides is 3. The minimum Gasteiger partial charge on any atom is -0.378 e. The second-order valence-corrected chi connectivity index (χ2v) is 8.07. The molecule has 1 unspecified atom stereocenters. The van der Waals surface area contributed by atoms with Crippen molar-refractivity contribution in [3.05, 3.63) is 65.7 Å². The average molecular weight is 408 g/mol. The van der Waals surface area contributed by atoms with Crippen LogP contribution in [0, 0.1) is 5.92 Å². The number of ether oxygens (including phenoxy) is 1. The maximum absolute atomic E-state index is 13.3. The van der Waals surface area contributed by atoms with E-state index in [0.717, 1.165) is 18.4 Å². The van der Waals surface area contributed by atoms with Crippen LogP contribution in [-0.4, -0.2) is 54.1 Å². The number of urea groups is 1. The monoisotopic (exact) mass is 407 g/mol. The predicted molar refractivity (Wildman–Crippen MR) is 116 cm³/mol. The fraction of sp³-hybridized carbons (Fsp3) is 0.417. The van der Waals surface area contributed by atoms with Gasteiger partial charge in [0.1, 0.15) is 0 Å². The van der Waals surface area contributed by atoms with Crippen LogP contribution in [0.25, 0.3) is 0 Å². The number of carbonyl (C=O) groups excluding carboxylic acids is 2. The highest BCUT2D eigenvalue weighted by molar-refractivity contribution is 6.03. The van der Waals surface area contributed by atoms with E-state index in [0.29, 0.717) is 50.0 Å². The van der Waals surface area contributed by atoms with E-state index >= 15 is 0 Å². The molecule has 3 amide bonds. The molecular formula is C24H29N3O3. The number of nitrogens with one attached hydrogen (secondary N) is 1. The molecule has 1 aliphatic heterocycles. The molecule has 1 N–H and O–H groups in total. The van der Waals surface area contributed by atoms with Crippen LogP contribution in [0.2, 0.25) is 0 Å². The molecule has 0 spiro atoms. The number of para-hydroxylation sites is 1. The molecule has 0 radical (unpaired) electrons. The van der Waals surface area contributed by atoms with E-state index in [4.69, 9.17) is 4.74 Å². The van der Waals surface area contributed by atoms with Gasteiger partial charge in [-0.05, 0) is 43.4 Å². The van der Waals surface area contributed by atoms with Gasteiger partial charge >= 0.3 is 6.03 Å². The van der Waals surface area contributed by atoms with Gasteiger partial charge in [-0.3, -0.25) is 4.79 Å². The molecule has 2 aromatic carbocycles. The van der Waals surface area contributed by atoms with Gasteiger partial charge in [-0.1, -0.05) is 42.5 Å². The lowest BCUT2D eigenvalue weighted by Crippen LogP contribution is -2.43. The standard InChI is InChI=1S/C24H29N3O3/c1-18(20-11-12-20)27(17-19-7-3-2-4-8-19)24(29)25-22-10-6-5-9-21(22)23(28)26-13-15-30-16-14-26/h2-10,18,20H,11-17H2,1H3,(H,25,29). The molecule has 1 aliphatic carbocycles. The van der Waals surface area contributed by atoms with Crippen molar-refractivity contribution in [1.82, 2.24) is 9.80 Å². The molecule has 2 aromatic rings. The molecule has 1 heterocycles. The lowest BCUT2D eigenvalue weighted by Gasteiger charge is -2.31. The van der Waals surface area contributed by atoms with E-state index in [9.17, 15) is 9.59 Å². The van der Waals surface area contributed by atoms with E-state index in [1.54, 1.807) is 17.0 Å². The van der Waals surface area contributed by atoms with E-state index < -0.39 is 0 Å². The van der Waals surface area contributed by atoms with E-state index in [1.807, 2.05) is 47.4 Å². The predicted octanol–water partition coefficient (Wildman–Crippen LogP) is 3.99. The van der Waals surface area contributed by atoms with Crippen LogP contribution in [0.1, 0.15) is 35.7 Å². The minimum atomic E-state index is -0.166. The number of morpholine rings is 1. The Kier molecular flexibility index (Phi) is 6.33. The van der Waals surface area contributed by atoms with E-state index in [2.05, 4.69) is 12.2 Å². The van der Waals surface area contributed by atoms with Crippen LogP contribution in [0.3, 0.4) is 0 Å². The minimum absolute atomic E-state index is 0.0703. The quantitative estimate of drug-likeness (QED) is 0.788. The van der Waals surface area contributed by atoms with E-state index in [-0.39, 0.29) is 18.0 Å². The molecule has 0 bridgehead atoms. The molecular weight excluding hydrogens is 378 g/mol. The van der Waals surface area contributed by atoms with Crippen LogP contribution >= 0.6 is 0 Å². The number of rotatable bonds is 6. The summed E-state index contributed by atoms with van der Waals surface area (Å²) >= 11 is 0. The average Bonchev–Trinajstić information content (AvgIpc) is 3.64. The third-order valence-corrected chi connectivity index (χ3v) is 5.95. The number of carbonyl (C=O) groups is 2. The molecule has 4 rings (SSSR count). The van der Waals surface area contributed by atoms with Crippen molar-refractivity contribution >= 4 is 17.6 Å². The Labute approximate surface area is 177 Å². The van der Waals surface area contributed by atoms with Crippen LogP contribution in [-0.2, 0) is 11.3 Å². The fourth-order valence-electron chi connectivity index (χ4n) is 3.92. The first-order valence-corrected chi connectivity index (χ1v) is 10.7. The Hall–Kier alpha value is -2.86. The van der Waals surface area contributed by atoms with Crippen molar-refractivity contribution < 1.29 is 14.3 Å². The van der Waals surface area contributed by atoms with Crippen LogP contribution < -0.4 is 5.32 Å². The topological polar surface area (TPSA) is 61.9 Å². The molecule has 1 saturated carbocycles. The maximum Gasteiger partial charge on any atom is 0.322 e. The van der Waals surface area contributed by atoms with Gasteiger partial charge in [0, 0.05) is 25.7 Å². The molecule has 0 aromatic heterocycles. The van der Waals surface area contributed by atoms with Gasteiger partial charge < -0.3 is 19.9 Å². The lowest BCUT2D eigenvalue weighted by atomic mass is 10.1. The largest absolute Gasteiger partial charge is 0.378 e. The van der Waals surface area contributed by atoms with Crippen molar-refractivity contribution in [3.63, 3.8) is 0 Å². The summed E-state index contributed by atoms with van der Waals surface area (Å²) in [5.74, 6) is 0.476. The molecule has 30 heavy (non-hydrogen) atoms. The highest BCUT2D eigenvalue weighted by atomic mass is 16.5. The summed E-state index contributed by atoms with van der Waals surface area (Å²) in [4.78, 5) is 30.0. The molecule has 6 nitrogen and oxygen atoms in total. The Morgan fingerprint density at radius 2 is 1.73 bits per heavy atom. The van der Waals surface area contributed by atoms with Gasteiger partial charge in [-0.25, -0.2) is 4.79 Å². The van der Waals surface area contributed by atoms with Gasteiger partial charge in [-0.15, -0.1) is 0 Å². The summed E-state index contributed by atoms with van der Waals surface area (Å²) in [6.45, 7) is 4.89. The Morgan fingerprint density at radius 1 is 1.07 bits per heavy atom. The first-order chi connectivity index (χ1) is 14.6. The Bertz CT molecular complexity index is 876. The smallest absolute Gasteiger partial charge is 0.322 e. The normalized spacial score (nSPS) is 17.3. The van der Waals surface area contributed by atoms with Crippen LogP contribution in [0.15, 0.2) is 54.6 Å². The Morgan fingerprint density at radius 3 is 2.43 bits per heavy atom. The summed E-state index contributed by atoms with van der Waals surface area (Å²) in [6, 6.07) is 17.3. The van der Waals surface area contributed by atoms with Gasteiger partial charge in [0.2, 0.25) is 0 Å². The maximum atomic E-state index is 13.3. The number of hydrogen-bond acceptors (Lipinski definition) is 3. The van der Waals surface area contributed by atoms with Crippen molar-refractivity contribution in [2.45, 2.75) is 32.4 Å². The zero-order chi connectivity index (χ0) is 20.9. The van der Waals surface area contributed by atoms with Gasteiger partial charge in [0.25, 0.3) is 5.91 Å². The third-order valence-electron chi connectivity index (χ3n) is 5.95. The second kappa shape index (κ2) is 9.30. The molecule has 6 heteroatoms. The van der Waals surface area contributed by atoms with Crippen molar-refractivity contribution in [2.75, 3.05) is 31.6 Å². The summed E-state index contributed by atoms with van der Waals surface area (Å²) in [6.07, 6.45) is 2.32. The van der Waals surface area contributed by atoms with Crippen LogP contribution in [0.4, 0.5) is 10.5 Å². The number of anilines is 1. The van der Waals surface area contributed by atoms with Crippen LogP contribution in [0.5, 0.6) is 0 Å². The third kappa shape index (κ3) is 4.82. The highest BCUT2D eigenvalue weighted by Gasteiger charge is 2.34. The first-order valence-electron chi connectivity index (χ1n) is 10.7. The number of benzene rings is 2. The summed E-state index contributed by atoms with van der Waals surface area (Å²) < 4.78 is 5.35. The van der Waals surface area contributed by atoms with Gasteiger partial charge in [0.15, 0.2) is 0 Å². The summed E-state index contributed by atoms with van der Waals surface area (Å²) in [5.41, 5.74) is 2.17. The van der Waals surface area contributed by atoms with Crippen molar-refractivity contribution in [3.8, 4) is 0 Å². The molecule has 158 valence electrons. The summed E-state index contributed by atoms with van der Waals surface area (Å²) in [7, 11) is 0. The first kappa shape index (κ1) is 20.4. The molecule has 1 saturated heterocycles. The molecule has 1 atom stereocenters. The van der Waals surface area contributed by atoms with Gasteiger partial charge in [0.05, 0.1) is 24.5 Å².